The number of hydrogen-bond donors (Lipinski definition) is 3. The van der Waals surface area contributed by atoms with E-state index in [2.05, 4.69) is 50.4 Å². The second kappa shape index (κ2) is 8.73. The van der Waals surface area contributed by atoms with Gasteiger partial charge in [-0.1, -0.05) is 30.3 Å². The third-order valence-corrected chi connectivity index (χ3v) is 3.12. The van der Waals surface area contributed by atoms with Crippen LogP contribution in [0.25, 0.3) is 0 Å². The Labute approximate surface area is 136 Å². The molecule has 0 radical (unpaired) electrons. The first kappa shape index (κ1) is 16.7. The highest BCUT2D eigenvalue weighted by Gasteiger charge is 2.04. The highest BCUT2D eigenvalue weighted by molar-refractivity contribution is 5.88. The van der Waals surface area contributed by atoms with E-state index in [1.807, 2.05) is 19.9 Å². The van der Waals surface area contributed by atoms with E-state index in [1.165, 1.54) is 5.56 Å². The Morgan fingerprint density at radius 2 is 1.74 bits per heavy atom. The zero-order valence-electron chi connectivity index (χ0n) is 13.5. The number of urea groups is 1. The number of aryl methyl sites for hydroxylation is 1. The summed E-state index contributed by atoms with van der Waals surface area (Å²) in [4.78, 5) is 11.5. The van der Waals surface area contributed by atoms with Gasteiger partial charge in [0.1, 0.15) is 5.82 Å². The molecule has 2 aromatic rings. The highest BCUT2D eigenvalue weighted by Crippen LogP contribution is 2.07. The van der Waals surface area contributed by atoms with Crippen LogP contribution in [0.5, 0.6) is 0 Å². The maximum atomic E-state index is 11.5. The quantitative estimate of drug-likeness (QED) is 0.686. The smallest absolute Gasteiger partial charge is 0.320 e. The summed E-state index contributed by atoms with van der Waals surface area (Å²) in [7, 11) is 0. The fraction of sp³-hybridized carbons (Fsp3) is 0.353. The zero-order chi connectivity index (χ0) is 16.5. The lowest BCUT2D eigenvalue weighted by atomic mass is 10.1. The maximum Gasteiger partial charge on any atom is 0.320 e. The molecular weight excluding hydrogens is 290 g/mol. The summed E-state index contributed by atoms with van der Waals surface area (Å²) in [6.45, 7) is 4.62. The van der Waals surface area contributed by atoms with Gasteiger partial charge in [0.15, 0.2) is 5.82 Å². The molecule has 6 nitrogen and oxygen atoms in total. The minimum absolute atomic E-state index is 0.0773. The lowest BCUT2D eigenvalue weighted by Gasteiger charge is -2.09. The summed E-state index contributed by atoms with van der Waals surface area (Å²) >= 11 is 0. The molecular formula is C17H23N5O. The maximum absolute atomic E-state index is 11.5. The molecule has 122 valence electrons. The van der Waals surface area contributed by atoms with E-state index in [-0.39, 0.29) is 12.1 Å². The number of carbonyl (C=O) groups excluding carboxylic acids is 1. The third kappa shape index (κ3) is 6.34. The van der Waals surface area contributed by atoms with E-state index >= 15 is 0 Å². The summed E-state index contributed by atoms with van der Waals surface area (Å²) in [6.07, 6.45) is 2.04. The van der Waals surface area contributed by atoms with Crippen LogP contribution in [0.2, 0.25) is 0 Å². The van der Waals surface area contributed by atoms with Crippen LogP contribution in [0.4, 0.5) is 16.4 Å². The van der Waals surface area contributed by atoms with E-state index in [9.17, 15) is 4.79 Å². The first-order chi connectivity index (χ1) is 11.1. The van der Waals surface area contributed by atoms with Crippen molar-refractivity contribution < 1.29 is 4.79 Å². The Morgan fingerprint density at radius 3 is 2.39 bits per heavy atom. The summed E-state index contributed by atoms with van der Waals surface area (Å²) in [5.74, 6) is 1.13. The fourth-order valence-corrected chi connectivity index (χ4v) is 2.06. The molecule has 6 heteroatoms. The van der Waals surface area contributed by atoms with Crippen molar-refractivity contribution in [3.05, 3.63) is 48.0 Å². The summed E-state index contributed by atoms with van der Waals surface area (Å²) in [5.41, 5.74) is 1.33. The average molecular weight is 313 g/mol. The average Bonchev–Trinajstić information content (AvgIpc) is 2.53. The molecule has 0 atom stereocenters. The van der Waals surface area contributed by atoms with E-state index < -0.39 is 0 Å². The van der Waals surface area contributed by atoms with E-state index in [4.69, 9.17) is 0 Å². The standard InChI is InChI=1S/C17H23N5O/c1-13(2)19-17(23)20-16-11-10-15(21-22-16)18-12-6-9-14-7-4-3-5-8-14/h3-5,7-8,10-11,13H,6,9,12H2,1-2H3,(H,18,21)(H2,19,20,22,23). The highest BCUT2D eigenvalue weighted by atomic mass is 16.2. The summed E-state index contributed by atoms with van der Waals surface area (Å²) < 4.78 is 0. The number of amides is 2. The van der Waals surface area contributed by atoms with Crippen LogP contribution in [0.3, 0.4) is 0 Å². The Bertz CT molecular complexity index is 598. The van der Waals surface area contributed by atoms with Crippen molar-refractivity contribution >= 4 is 17.7 Å². The van der Waals surface area contributed by atoms with Gasteiger partial charge in [0.25, 0.3) is 0 Å². The van der Waals surface area contributed by atoms with Crippen LogP contribution in [0.1, 0.15) is 25.8 Å². The normalized spacial score (nSPS) is 10.4. The third-order valence-electron chi connectivity index (χ3n) is 3.12. The number of rotatable bonds is 7. The minimum Gasteiger partial charge on any atom is -0.369 e. The van der Waals surface area contributed by atoms with Gasteiger partial charge in [0, 0.05) is 12.6 Å². The van der Waals surface area contributed by atoms with Crippen LogP contribution in [-0.2, 0) is 6.42 Å². The molecule has 3 N–H and O–H groups in total. The van der Waals surface area contributed by atoms with Gasteiger partial charge in [-0.25, -0.2) is 4.79 Å². The van der Waals surface area contributed by atoms with Gasteiger partial charge in [-0.15, -0.1) is 10.2 Å². The largest absolute Gasteiger partial charge is 0.369 e. The monoisotopic (exact) mass is 313 g/mol. The number of aromatic nitrogens is 2. The van der Waals surface area contributed by atoms with Gasteiger partial charge in [-0.3, -0.25) is 5.32 Å². The molecule has 0 aliphatic heterocycles. The topological polar surface area (TPSA) is 78.9 Å². The fourth-order valence-electron chi connectivity index (χ4n) is 2.06. The van der Waals surface area contributed by atoms with Gasteiger partial charge in [0.2, 0.25) is 0 Å². The summed E-state index contributed by atoms with van der Waals surface area (Å²) in [6, 6.07) is 13.7. The Balaban J connectivity index is 1.71. The Morgan fingerprint density at radius 1 is 1.04 bits per heavy atom. The molecule has 1 aromatic heterocycles. The van der Waals surface area contributed by atoms with Crippen molar-refractivity contribution in [1.82, 2.24) is 15.5 Å². The van der Waals surface area contributed by atoms with Gasteiger partial charge >= 0.3 is 6.03 Å². The SMILES string of the molecule is CC(C)NC(=O)Nc1ccc(NCCCc2ccccc2)nn1. The van der Waals surface area contributed by atoms with E-state index in [1.54, 1.807) is 12.1 Å². The van der Waals surface area contributed by atoms with Crippen LogP contribution >= 0.6 is 0 Å². The van der Waals surface area contributed by atoms with Gasteiger partial charge in [-0.05, 0) is 44.4 Å². The molecule has 0 bridgehead atoms. The first-order valence-corrected chi connectivity index (χ1v) is 7.82. The number of benzene rings is 1. The predicted octanol–water partition coefficient (Wildman–Crippen LogP) is 3.05. The number of carbonyl (C=O) groups is 1. The Kier molecular flexibility index (Phi) is 6.35. The summed E-state index contributed by atoms with van der Waals surface area (Å²) in [5, 5.41) is 16.6. The number of hydrogen-bond acceptors (Lipinski definition) is 4. The molecule has 0 spiro atoms. The van der Waals surface area contributed by atoms with Crippen LogP contribution in [0, 0.1) is 0 Å². The lowest BCUT2D eigenvalue weighted by Crippen LogP contribution is -2.34. The molecule has 1 aromatic carbocycles. The molecule has 0 saturated heterocycles. The second-order valence-electron chi connectivity index (χ2n) is 5.57. The number of nitrogens with zero attached hydrogens (tertiary/aromatic N) is 2. The minimum atomic E-state index is -0.280. The van der Waals surface area contributed by atoms with Crippen molar-refractivity contribution in [3.8, 4) is 0 Å². The lowest BCUT2D eigenvalue weighted by molar-refractivity contribution is 0.250. The van der Waals surface area contributed by atoms with E-state index in [0.717, 1.165) is 19.4 Å². The molecule has 2 rings (SSSR count). The number of nitrogens with one attached hydrogen (secondary N) is 3. The first-order valence-electron chi connectivity index (χ1n) is 7.82. The van der Waals surface area contributed by atoms with E-state index in [0.29, 0.717) is 11.6 Å². The van der Waals surface area contributed by atoms with Gasteiger partial charge in [0.05, 0.1) is 0 Å². The van der Waals surface area contributed by atoms with Crippen molar-refractivity contribution in [2.45, 2.75) is 32.7 Å². The van der Waals surface area contributed by atoms with Crippen LogP contribution in [0.15, 0.2) is 42.5 Å². The van der Waals surface area contributed by atoms with Crippen LogP contribution < -0.4 is 16.0 Å². The van der Waals surface area contributed by atoms with Gasteiger partial charge in [-0.2, -0.15) is 0 Å². The van der Waals surface area contributed by atoms with Crippen molar-refractivity contribution in [3.63, 3.8) is 0 Å². The molecule has 0 saturated carbocycles. The van der Waals surface area contributed by atoms with Crippen molar-refractivity contribution in [1.29, 1.82) is 0 Å². The molecule has 0 fully saturated rings. The molecule has 23 heavy (non-hydrogen) atoms. The van der Waals surface area contributed by atoms with Crippen LogP contribution in [-0.4, -0.2) is 28.8 Å². The Hall–Kier alpha value is -2.63. The molecule has 1 heterocycles. The molecule has 0 aliphatic rings. The second-order valence-corrected chi connectivity index (χ2v) is 5.57. The molecule has 0 unspecified atom stereocenters. The molecule has 2 amide bonds. The number of anilines is 2. The van der Waals surface area contributed by atoms with Gasteiger partial charge < -0.3 is 10.6 Å². The van der Waals surface area contributed by atoms with Crippen molar-refractivity contribution in [2.75, 3.05) is 17.2 Å². The predicted molar refractivity (Wildman–Crippen MR) is 92.6 cm³/mol. The van der Waals surface area contributed by atoms with Crippen molar-refractivity contribution in [2.24, 2.45) is 0 Å². The zero-order valence-corrected chi connectivity index (χ0v) is 13.5. The molecule has 0 aliphatic carbocycles.